The van der Waals surface area contributed by atoms with E-state index in [1.54, 1.807) is 18.2 Å². The van der Waals surface area contributed by atoms with E-state index >= 15 is 8.78 Å². The van der Waals surface area contributed by atoms with Gasteiger partial charge in [-0.15, -0.1) is 5.54 Å². The van der Waals surface area contributed by atoms with E-state index in [2.05, 4.69) is 63.0 Å². The maximum atomic E-state index is 16.9. The molecule has 0 aliphatic carbocycles. The first-order valence-corrected chi connectivity index (χ1v) is 19.6. The van der Waals surface area contributed by atoms with Gasteiger partial charge in [0.25, 0.3) is 0 Å². The van der Waals surface area contributed by atoms with Gasteiger partial charge in [0.1, 0.15) is 42.8 Å². The average Bonchev–Trinajstić information content (AvgIpc) is 3.13. The summed E-state index contributed by atoms with van der Waals surface area (Å²) in [6, 6.07) is 8.37. The summed E-state index contributed by atoms with van der Waals surface area (Å²) in [5, 5.41) is 1.50. The van der Waals surface area contributed by atoms with Crippen molar-refractivity contribution in [1.82, 2.24) is 15.0 Å². The number of nitrogens with zero attached hydrogens (tertiary/aromatic N) is 4. The van der Waals surface area contributed by atoms with Crippen LogP contribution >= 0.6 is 0 Å². The number of halogens is 2. The molecule has 0 amide bonds. The fraction of sp³-hybridized carbons (Fsp3) is 0.457. The summed E-state index contributed by atoms with van der Waals surface area (Å²) >= 11 is -1.59. The molecule has 7 nitrogen and oxygen atoms in total. The highest BCUT2D eigenvalue weighted by Gasteiger charge is 2.42. The Morgan fingerprint density at radius 2 is 1.72 bits per heavy atom. The molecule has 6 rings (SSSR count). The summed E-state index contributed by atoms with van der Waals surface area (Å²) in [7, 11) is -0.358. The first-order valence-electron chi connectivity index (χ1n) is 15.8. The molecular formula is C35H40F2N4O3SSi. The average molecular weight is 663 g/mol. The molecule has 0 bridgehead atoms. The van der Waals surface area contributed by atoms with Crippen LogP contribution in [0.3, 0.4) is 0 Å². The predicted octanol–water partition coefficient (Wildman–Crippen LogP) is 7.42. The number of aromatic nitrogens is 3. The fourth-order valence-electron chi connectivity index (χ4n) is 7.58. The van der Waals surface area contributed by atoms with Gasteiger partial charge >= 0.3 is 5.16 Å². The molecule has 3 atom stereocenters. The van der Waals surface area contributed by atoms with Crippen molar-refractivity contribution in [2.24, 2.45) is 0 Å². The quantitative estimate of drug-likeness (QED) is 0.0952. The van der Waals surface area contributed by atoms with E-state index in [9.17, 15) is 4.55 Å². The molecule has 2 aliphatic rings. The Balaban J connectivity index is 1.66. The number of hydrogen-bond donors (Lipinski definition) is 0. The first-order chi connectivity index (χ1) is 21.9. The van der Waals surface area contributed by atoms with Crippen molar-refractivity contribution in [3.05, 3.63) is 47.5 Å². The third-order valence-electron chi connectivity index (χ3n) is 9.85. The van der Waals surface area contributed by atoms with Gasteiger partial charge in [-0.3, -0.25) is 0 Å². The van der Waals surface area contributed by atoms with E-state index in [0.29, 0.717) is 63.8 Å². The van der Waals surface area contributed by atoms with E-state index in [1.165, 1.54) is 12.3 Å². The van der Waals surface area contributed by atoms with E-state index in [4.69, 9.17) is 14.5 Å². The smallest absolute Gasteiger partial charge is 0.345 e. The lowest BCUT2D eigenvalue weighted by Crippen LogP contribution is -2.49. The van der Waals surface area contributed by atoms with Crippen molar-refractivity contribution in [3.63, 3.8) is 0 Å². The maximum absolute atomic E-state index is 16.9. The number of anilines is 1. The Hall–Kier alpha value is -3.30. The van der Waals surface area contributed by atoms with Crippen LogP contribution in [0, 0.1) is 23.1 Å². The third-order valence-corrected chi connectivity index (χ3v) is 16.8. The second-order valence-electron chi connectivity index (χ2n) is 13.3. The summed E-state index contributed by atoms with van der Waals surface area (Å²) in [6.07, 6.45) is 1.73. The first kappa shape index (κ1) is 32.6. The van der Waals surface area contributed by atoms with Crippen molar-refractivity contribution in [1.29, 1.82) is 0 Å². The largest absolute Gasteiger partial charge is 0.609 e. The summed E-state index contributed by atoms with van der Waals surface area (Å²) in [5.41, 5.74) is 5.20. The maximum Gasteiger partial charge on any atom is 0.345 e. The van der Waals surface area contributed by atoms with Crippen molar-refractivity contribution < 1.29 is 22.8 Å². The van der Waals surface area contributed by atoms with E-state index in [1.807, 2.05) is 18.0 Å². The van der Waals surface area contributed by atoms with Crippen LogP contribution in [-0.2, 0) is 15.9 Å². The van der Waals surface area contributed by atoms with Gasteiger partial charge in [0.2, 0.25) is 5.88 Å². The van der Waals surface area contributed by atoms with Gasteiger partial charge in [0.05, 0.1) is 18.2 Å². The van der Waals surface area contributed by atoms with Crippen LogP contribution in [0.25, 0.3) is 32.9 Å². The highest BCUT2D eigenvalue weighted by Crippen LogP contribution is 2.44. The Morgan fingerprint density at radius 1 is 1.00 bits per heavy atom. The molecule has 1 saturated heterocycles. The monoisotopic (exact) mass is 662 g/mol. The molecule has 2 aromatic heterocycles. The van der Waals surface area contributed by atoms with E-state index in [-0.39, 0.29) is 33.9 Å². The van der Waals surface area contributed by atoms with Crippen molar-refractivity contribution in [3.8, 4) is 28.6 Å². The number of fused-ring (bicyclic) bond motifs is 2. The van der Waals surface area contributed by atoms with Crippen molar-refractivity contribution >= 4 is 46.7 Å². The van der Waals surface area contributed by atoms with Crippen LogP contribution in [0.4, 0.5) is 14.6 Å². The van der Waals surface area contributed by atoms with Gasteiger partial charge in [0.15, 0.2) is 11.6 Å². The zero-order valence-electron chi connectivity index (χ0n) is 27.6. The van der Waals surface area contributed by atoms with Crippen LogP contribution in [0.1, 0.15) is 53.5 Å². The van der Waals surface area contributed by atoms with E-state index in [0.717, 1.165) is 0 Å². The van der Waals surface area contributed by atoms with Crippen LogP contribution in [-0.4, -0.2) is 66.2 Å². The molecule has 0 N–H and O–H groups in total. The normalized spacial score (nSPS) is 18.9. The third kappa shape index (κ3) is 5.23. The molecule has 4 heterocycles. The zero-order valence-corrected chi connectivity index (χ0v) is 29.4. The standard InChI is InChI=1S/C35H40F2N4O3SSi/c1-19(2)46(20(3)4,21(5)6)17-15-23-25(36)13-12-22-10-9-11-24(28(22)23)31-30(37)32-29-33(40-35(39-32)45(8)42)41(7)26-14-16-43-18-27(26)44-34(29)38-31/h9-13,19-21,26-27H,14,16,18H2,1-8H3/t26-,27-,45?/m0/s1. The van der Waals surface area contributed by atoms with Gasteiger partial charge in [-0.2, -0.15) is 9.97 Å². The molecule has 11 heteroatoms. The minimum atomic E-state index is -2.22. The van der Waals surface area contributed by atoms with Crippen LogP contribution in [0.15, 0.2) is 35.5 Å². The molecule has 0 spiro atoms. The lowest BCUT2D eigenvalue weighted by molar-refractivity contribution is -0.00627. The van der Waals surface area contributed by atoms with Gasteiger partial charge in [-0.05, 0) is 34.5 Å². The Kier molecular flexibility index (Phi) is 8.78. The molecule has 2 aliphatic heterocycles. The number of hydrogen-bond acceptors (Lipinski definition) is 7. The van der Waals surface area contributed by atoms with Gasteiger partial charge in [-0.25, -0.2) is 13.8 Å². The topological polar surface area (TPSA) is 83.4 Å². The molecule has 2 aromatic carbocycles. The minimum absolute atomic E-state index is 0.00901. The van der Waals surface area contributed by atoms with Crippen LogP contribution in [0.5, 0.6) is 5.88 Å². The van der Waals surface area contributed by atoms with Gasteiger partial charge < -0.3 is 18.9 Å². The van der Waals surface area contributed by atoms with Crippen LogP contribution in [0.2, 0.25) is 16.6 Å². The lowest BCUT2D eigenvalue weighted by Gasteiger charge is -2.38. The Morgan fingerprint density at radius 3 is 2.39 bits per heavy atom. The molecule has 0 radical (unpaired) electrons. The second-order valence-corrected chi connectivity index (χ2v) is 20.1. The molecule has 0 saturated carbocycles. The van der Waals surface area contributed by atoms with Gasteiger partial charge in [0, 0.05) is 35.8 Å². The molecule has 1 fully saturated rings. The Labute approximate surface area is 273 Å². The number of pyridine rings is 1. The summed E-state index contributed by atoms with van der Waals surface area (Å²) in [5.74, 6) is 2.67. The summed E-state index contributed by atoms with van der Waals surface area (Å²) in [6.45, 7) is 14.1. The highest BCUT2D eigenvalue weighted by molar-refractivity contribution is 7.90. The van der Waals surface area contributed by atoms with E-state index < -0.39 is 37.0 Å². The highest BCUT2D eigenvalue weighted by atomic mass is 32.2. The number of ether oxygens (including phenoxy) is 2. The summed E-state index contributed by atoms with van der Waals surface area (Å²) < 4.78 is 57.7. The molecule has 4 aromatic rings. The minimum Gasteiger partial charge on any atom is -0.609 e. The predicted molar refractivity (Wildman–Crippen MR) is 182 cm³/mol. The molecule has 1 unspecified atom stereocenters. The van der Waals surface area contributed by atoms with Crippen LogP contribution < -0.4 is 9.64 Å². The second kappa shape index (κ2) is 12.4. The lowest BCUT2D eigenvalue weighted by atomic mass is 9.96. The number of rotatable bonds is 5. The molecular weight excluding hydrogens is 623 g/mol. The fourth-order valence-corrected chi connectivity index (χ4v) is 13.2. The number of benzene rings is 2. The SMILES string of the molecule is CC(C)[Si](C#Cc1c(F)ccc2cccc(-c3nc4c5c(nc([S+](C)[O-])nc5c3F)N(C)[C@H]3CCOC[C@@H]3O4)c12)(C(C)C)C(C)C. The zero-order chi connectivity index (χ0) is 33.1. The van der Waals surface area contributed by atoms with Crippen molar-refractivity contribution in [2.45, 2.75) is 81.9 Å². The Bertz CT molecular complexity index is 1870. The van der Waals surface area contributed by atoms with Crippen molar-refractivity contribution in [2.75, 3.05) is 31.4 Å². The summed E-state index contributed by atoms with van der Waals surface area (Å²) in [4.78, 5) is 15.7. The number of likely N-dealkylation sites (N-methyl/N-ethyl adjacent to an activating group) is 1. The molecule has 46 heavy (non-hydrogen) atoms. The molecule has 242 valence electrons. The van der Waals surface area contributed by atoms with Gasteiger partial charge in [-0.1, -0.05) is 71.7 Å².